The van der Waals surface area contributed by atoms with Crippen LogP contribution in [0.4, 0.5) is 0 Å². The van der Waals surface area contributed by atoms with Crippen molar-refractivity contribution in [2.24, 2.45) is 0 Å². The van der Waals surface area contributed by atoms with E-state index < -0.39 is 0 Å². The molecule has 2 heterocycles. The van der Waals surface area contributed by atoms with E-state index in [1.807, 2.05) is 24.3 Å². The molecule has 0 fully saturated rings. The first-order valence-electron chi connectivity index (χ1n) is 17.1. The van der Waals surface area contributed by atoms with Crippen LogP contribution < -0.4 is 0 Å². The van der Waals surface area contributed by atoms with E-state index in [-0.39, 0.29) is 0 Å². The summed E-state index contributed by atoms with van der Waals surface area (Å²) >= 11 is 0. The van der Waals surface area contributed by atoms with Crippen molar-refractivity contribution in [2.45, 2.75) is 0 Å². The molecule has 0 spiro atoms. The van der Waals surface area contributed by atoms with Crippen LogP contribution in [0.15, 0.2) is 179 Å². The molecule has 0 aliphatic heterocycles. The van der Waals surface area contributed by atoms with Gasteiger partial charge in [0.25, 0.3) is 0 Å². The minimum atomic E-state index is 0.907. The van der Waals surface area contributed by atoms with Crippen molar-refractivity contribution in [1.29, 1.82) is 0 Å². The van der Waals surface area contributed by atoms with E-state index in [2.05, 4.69) is 146 Å². The Morgan fingerprint density at radius 3 is 1.48 bits per heavy atom. The molecule has 232 valence electrons. The van der Waals surface area contributed by atoms with Crippen LogP contribution in [0, 0.1) is 0 Å². The third-order valence-electron chi connectivity index (χ3n) is 10.4. The molecule has 0 saturated carbocycles. The van der Waals surface area contributed by atoms with E-state index >= 15 is 0 Å². The van der Waals surface area contributed by atoms with Crippen LogP contribution >= 0.6 is 0 Å². The molecule has 0 aliphatic rings. The molecule has 0 saturated heterocycles. The topological polar surface area (TPSA) is 26.3 Å². The summed E-state index contributed by atoms with van der Waals surface area (Å²) in [7, 11) is 0. The number of fused-ring (bicyclic) bond motifs is 10. The largest absolute Gasteiger partial charge is 0.456 e. The van der Waals surface area contributed by atoms with Gasteiger partial charge in [0.05, 0.1) is 0 Å². The van der Waals surface area contributed by atoms with Crippen molar-refractivity contribution in [3.8, 4) is 33.4 Å². The Kier molecular flexibility index (Phi) is 5.70. The Labute approximate surface area is 287 Å². The minimum absolute atomic E-state index is 0.907. The Morgan fingerprint density at radius 2 is 0.760 bits per heavy atom. The number of benzene rings is 9. The van der Waals surface area contributed by atoms with E-state index in [1.165, 1.54) is 65.7 Å². The third-order valence-corrected chi connectivity index (χ3v) is 10.4. The quantitative estimate of drug-likeness (QED) is 0.142. The van der Waals surface area contributed by atoms with Gasteiger partial charge in [0.1, 0.15) is 22.3 Å². The molecule has 0 N–H and O–H groups in total. The zero-order valence-electron chi connectivity index (χ0n) is 27.0. The standard InChI is InChI=1S/C48H28O2/c1-2-13-34-29(10-1)20-23-39-46(33-22-25-45-41(28-33)36-15-6-8-19-43(36)50-45)37-16-3-4-17-38(37)47(48(34)39)32-12-9-11-30(26-32)31-21-24-44-40(27-31)35-14-5-7-18-42(35)49-44/h1-28H. The maximum absolute atomic E-state index is 6.24. The number of furan rings is 2. The number of hydrogen-bond donors (Lipinski definition) is 0. The van der Waals surface area contributed by atoms with E-state index in [0.717, 1.165) is 43.9 Å². The highest BCUT2D eigenvalue weighted by Crippen LogP contribution is 2.47. The molecule has 11 rings (SSSR count). The maximum atomic E-state index is 6.24. The molecular weight excluding hydrogens is 609 g/mol. The lowest BCUT2D eigenvalue weighted by Gasteiger charge is -2.20. The van der Waals surface area contributed by atoms with Crippen molar-refractivity contribution in [3.63, 3.8) is 0 Å². The van der Waals surface area contributed by atoms with E-state index in [9.17, 15) is 0 Å². The Bertz CT molecular complexity index is 3160. The van der Waals surface area contributed by atoms with Gasteiger partial charge in [-0.25, -0.2) is 0 Å². The molecular formula is C48H28O2. The smallest absolute Gasteiger partial charge is 0.135 e. The predicted octanol–water partition coefficient (Wildman–Crippen LogP) is 13.9. The summed E-state index contributed by atoms with van der Waals surface area (Å²) in [5, 5.41) is 12.0. The first-order chi connectivity index (χ1) is 24.8. The molecule has 2 nitrogen and oxygen atoms in total. The summed E-state index contributed by atoms with van der Waals surface area (Å²) in [6.07, 6.45) is 0. The fourth-order valence-corrected chi connectivity index (χ4v) is 8.20. The molecule has 0 bridgehead atoms. The van der Waals surface area contributed by atoms with E-state index in [1.54, 1.807) is 0 Å². The lowest BCUT2D eigenvalue weighted by Crippen LogP contribution is -1.92. The zero-order chi connectivity index (χ0) is 32.8. The highest BCUT2D eigenvalue weighted by Gasteiger charge is 2.20. The van der Waals surface area contributed by atoms with Crippen molar-refractivity contribution in [3.05, 3.63) is 170 Å². The average Bonchev–Trinajstić information content (AvgIpc) is 3.74. The Balaban J connectivity index is 1.21. The monoisotopic (exact) mass is 636 g/mol. The number of rotatable bonds is 3. The van der Waals surface area contributed by atoms with Gasteiger partial charge in [-0.1, -0.05) is 127 Å². The van der Waals surface area contributed by atoms with Gasteiger partial charge in [-0.3, -0.25) is 0 Å². The van der Waals surface area contributed by atoms with E-state index in [4.69, 9.17) is 8.83 Å². The maximum Gasteiger partial charge on any atom is 0.135 e. The second-order valence-corrected chi connectivity index (χ2v) is 13.2. The highest BCUT2D eigenvalue weighted by molar-refractivity contribution is 6.28. The van der Waals surface area contributed by atoms with Gasteiger partial charge in [0, 0.05) is 21.5 Å². The normalized spacial score (nSPS) is 12.0. The van der Waals surface area contributed by atoms with Crippen LogP contribution in [0.5, 0.6) is 0 Å². The first-order valence-corrected chi connectivity index (χ1v) is 17.1. The van der Waals surface area contributed by atoms with Crippen LogP contribution in [-0.2, 0) is 0 Å². The summed E-state index contributed by atoms with van der Waals surface area (Å²) < 4.78 is 12.4. The molecule has 0 unspecified atom stereocenters. The molecule has 2 heteroatoms. The fourth-order valence-electron chi connectivity index (χ4n) is 8.20. The summed E-state index contributed by atoms with van der Waals surface area (Å²) in [6.45, 7) is 0. The summed E-state index contributed by atoms with van der Waals surface area (Å²) in [6, 6.07) is 61.1. The molecule has 0 aliphatic carbocycles. The average molecular weight is 637 g/mol. The minimum Gasteiger partial charge on any atom is -0.456 e. The molecule has 9 aromatic carbocycles. The molecule has 0 radical (unpaired) electrons. The van der Waals surface area contributed by atoms with Gasteiger partial charge in [0.2, 0.25) is 0 Å². The van der Waals surface area contributed by atoms with Crippen molar-refractivity contribution < 1.29 is 8.83 Å². The zero-order valence-corrected chi connectivity index (χ0v) is 27.0. The predicted molar refractivity (Wildman–Crippen MR) is 210 cm³/mol. The van der Waals surface area contributed by atoms with Crippen LogP contribution in [0.2, 0.25) is 0 Å². The molecule has 11 aromatic rings. The Morgan fingerprint density at radius 1 is 0.260 bits per heavy atom. The van der Waals surface area contributed by atoms with Crippen LogP contribution in [0.25, 0.3) is 110 Å². The number of hydrogen-bond acceptors (Lipinski definition) is 2. The molecule has 2 aromatic heterocycles. The van der Waals surface area contributed by atoms with Crippen molar-refractivity contribution >= 4 is 76.2 Å². The number of para-hydroxylation sites is 2. The van der Waals surface area contributed by atoms with Gasteiger partial charge in [-0.15, -0.1) is 0 Å². The van der Waals surface area contributed by atoms with Gasteiger partial charge in [-0.2, -0.15) is 0 Å². The van der Waals surface area contributed by atoms with Gasteiger partial charge >= 0.3 is 0 Å². The lowest BCUT2D eigenvalue weighted by atomic mass is 9.83. The van der Waals surface area contributed by atoms with Gasteiger partial charge in [-0.05, 0) is 108 Å². The summed E-state index contributed by atoms with van der Waals surface area (Å²) in [4.78, 5) is 0. The van der Waals surface area contributed by atoms with E-state index in [0.29, 0.717) is 0 Å². The van der Waals surface area contributed by atoms with Gasteiger partial charge < -0.3 is 8.83 Å². The highest BCUT2D eigenvalue weighted by atomic mass is 16.3. The van der Waals surface area contributed by atoms with Crippen molar-refractivity contribution in [1.82, 2.24) is 0 Å². The summed E-state index contributed by atoms with van der Waals surface area (Å²) in [5.74, 6) is 0. The van der Waals surface area contributed by atoms with Crippen LogP contribution in [0.1, 0.15) is 0 Å². The van der Waals surface area contributed by atoms with Crippen molar-refractivity contribution in [2.75, 3.05) is 0 Å². The van der Waals surface area contributed by atoms with Crippen LogP contribution in [0.3, 0.4) is 0 Å². The van der Waals surface area contributed by atoms with Crippen LogP contribution in [-0.4, -0.2) is 0 Å². The molecule has 0 amide bonds. The molecule has 50 heavy (non-hydrogen) atoms. The molecule has 0 atom stereocenters. The first kappa shape index (κ1) is 27.3. The fraction of sp³-hybridized carbons (Fsp3) is 0. The lowest BCUT2D eigenvalue weighted by molar-refractivity contribution is 0.668. The Hall–Kier alpha value is -6.64. The van der Waals surface area contributed by atoms with Gasteiger partial charge in [0.15, 0.2) is 0 Å². The second-order valence-electron chi connectivity index (χ2n) is 13.2. The SMILES string of the molecule is c1cc(-c2ccc3oc4ccccc4c3c2)cc(-c2c3ccccc3c(-c3ccc4oc5ccccc5c4c3)c3ccc4ccccc4c23)c1. The second kappa shape index (κ2) is 10.4. The summed E-state index contributed by atoms with van der Waals surface area (Å²) in [5.41, 5.74) is 10.9. The third kappa shape index (κ3) is 3.96.